The molecule has 1 aliphatic carbocycles. The fraction of sp³-hybridized carbons (Fsp3) is 0.500. The van der Waals surface area contributed by atoms with Crippen LogP contribution in [0.3, 0.4) is 0 Å². The van der Waals surface area contributed by atoms with Crippen LogP contribution in [-0.4, -0.2) is 18.1 Å². The molecule has 3 rings (SSSR count). The first-order valence-electron chi connectivity index (χ1n) is 8.76. The van der Waals surface area contributed by atoms with Crippen molar-refractivity contribution in [2.45, 2.75) is 58.3 Å². The molecule has 1 atom stereocenters. The van der Waals surface area contributed by atoms with Crippen molar-refractivity contribution in [2.75, 3.05) is 7.11 Å². The van der Waals surface area contributed by atoms with E-state index in [-0.39, 0.29) is 11.9 Å². The summed E-state index contributed by atoms with van der Waals surface area (Å²) in [5.74, 6) is -0.573. The van der Waals surface area contributed by atoms with Gasteiger partial charge in [-0.1, -0.05) is 31.0 Å². The highest BCUT2D eigenvalue weighted by Crippen LogP contribution is 2.39. The first-order chi connectivity index (χ1) is 11.6. The Kier molecular flexibility index (Phi) is 5.09. The number of fused-ring (bicyclic) bond motifs is 3. The SMILES string of the molecule is CCCC(C(=O)OC)c1c(C)nc2ccc3c(c2c1Cl)CCCC3. The minimum absolute atomic E-state index is 0.229. The molecule has 1 unspecified atom stereocenters. The van der Waals surface area contributed by atoms with Gasteiger partial charge in [0.1, 0.15) is 0 Å². The Bertz CT molecular complexity index is 785. The highest BCUT2D eigenvalue weighted by atomic mass is 35.5. The van der Waals surface area contributed by atoms with Gasteiger partial charge in [0.25, 0.3) is 0 Å². The van der Waals surface area contributed by atoms with E-state index in [4.69, 9.17) is 21.3 Å². The van der Waals surface area contributed by atoms with Crippen LogP contribution in [0.25, 0.3) is 10.9 Å². The minimum Gasteiger partial charge on any atom is -0.469 e. The van der Waals surface area contributed by atoms with Crippen molar-refractivity contribution in [3.05, 3.63) is 39.5 Å². The molecule has 0 spiro atoms. The number of esters is 1. The van der Waals surface area contributed by atoms with E-state index in [9.17, 15) is 4.79 Å². The molecule has 0 amide bonds. The van der Waals surface area contributed by atoms with Crippen LogP contribution in [0.5, 0.6) is 0 Å². The standard InChI is InChI=1S/C20H24ClNO2/c1-4-7-15(20(23)24-3)17-12(2)22-16-11-10-13-8-5-6-9-14(13)18(16)19(17)21/h10-11,15H,4-9H2,1-3H3. The molecule has 24 heavy (non-hydrogen) atoms. The third kappa shape index (κ3) is 2.90. The van der Waals surface area contributed by atoms with E-state index in [1.54, 1.807) is 0 Å². The molecule has 128 valence electrons. The third-order valence-electron chi connectivity index (χ3n) is 5.06. The Morgan fingerprint density at radius 2 is 2.08 bits per heavy atom. The lowest BCUT2D eigenvalue weighted by Crippen LogP contribution is -2.17. The molecular weight excluding hydrogens is 322 g/mol. The zero-order valence-corrected chi connectivity index (χ0v) is 15.4. The predicted molar refractivity (Wildman–Crippen MR) is 97.8 cm³/mol. The van der Waals surface area contributed by atoms with Gasteiger partial charge in [-0.3, -0.25) is 9.78 Å². The minimum atomic E-state index is -0.344. The molecule has 1 aromatic carbocycles. The molecule has 4 heteroatoms. The molecule has 1 aliphatic rings. The molecule has 0 saturated heterocycles. The second kappa shape index (κ2) is 7.10. The predicted octanol–water partition coefficient (Wildman–Crippen LogP) is 5.13. The lowest BCUT2D eigenvalue weighted by Gasteiger charge is -2.23. The van der Waals surface area contributed by atoms with Crippen molar-refractivity contribution >= 4 is 28.5 Å². The van der Waals surface area contributed by atoms with Gasteiger partial charge in [-0.05, 0) is 56.2 Å². The summed E-state index contributed by atoms with van der Waals surface area (Å²) in [6, 6.07) is 4.25. The fourth-order valence-electron chi connectivity index (χ4n) is 3.90. The lowest BCUT2D eigenvalue weighted by molar-refractivity contribution is -0.142. The van der Waals surface area contributed by atoms with E-state index < -0.39 is 0 Å². The lowest BCUT2D eigenvalue weighted by atomic mass is 9.86. The van der Waals surface area contributed by atoms with Gasteiger partial charge in [0.2, 0.25) is 0 Å². The van der Waals surface area contributed by atoms with Crippen molar-refractivity contribution in [3.8, 4) is 0 Å². The number of pyridine rings is 1. The monoisotopic (exact) mass is 345 g/mol. The summed E-state index contributed by atoms with van der Waals surface area (Å²) in [4.78, 5) is 17.1. The van der Waals surface area contributed by atoms with E-state index >= 15 is 0 Å². The Morgan fingerprint density at radius 1 is 1.33 bits per heavy atom. The largest absolute Gasteiger partial charge is 0.469 e. The number of carbonyl (C=O) groups excluding carboxylic acids is 1. The van der Waals surface area contributed by atoms with E-state index in [1.807, 2.05) is 6.92 Å². The van der Waals surface area contributed by atoms with Gasteiger partial charge in [-0.2, -0.15) is 0 Å². The van der Waals surface area contributed by atoms with Gasteiger partial charge in [0.05, 0.1) is 23.6 Å². The normalized spacial score (nSPS) is 15.2. The number of methoxy groups -OCH3 is 1. The van der Waals surface area contributed by atoms with E-state index in [0.717, 1.165) is 47.8 Å². The Morgan fingerprint density at radius 3 is 2.79 bits per heavy atom. The average Bonchev–Trinajstić information content (AvgIpc) is 2.59. The molecule has 3 nitrogen and oxygen atoms in total. The van der Waals surface area contributed by atoms with Crippen LogP contribution < -0.4 is 0 Å². The molecule has 0 N–H and O–H groups in total. The zero-order chi connectivity index (χ0) is 17.3. The third-order valence-corrected chi connectivity index (χ3v) is 5.45. The molecule has 1 heterocycles. The summed E-state index contributed by atoms with van der Waals surface area (Å²) in [7, 11) is 1.44. The molecule has 0 bridgehead atoms. The average molecular weight is 346 g/mol. The Hall–Kier alpha value is -1.61. The summed E-state index contributed by atoms with van der Waals surface area (Å²) in [6.45, 7) is 4.00. The van der Waals surface area contributed by atoms with Gasteiger partial charge in [-0.15, -0.1) is 0 Å². The molecule has 0 fully saturated rings. The van der Waals surface area contributed by atoms with Gasteiger partial charge >= 0.3 is 5.97 Å². The number of aryl methyl sites for hydroxylation is 3. The number of benzene rings is 1. The Balaban J connectivity index is 2.26. The number of ether oxygens (including phenoxy) is 1. The molecule has 0 radical (unpaired) electrons. The van der Waals surface area contributed by atoms with E-state index in [2.05, 4.69) is 19.1 Å². The van der Waals surface area contributed by atoms with Crippen LogP contribution in [0, 0.1) is 6.92 Å². The number of aromatic nitrogens is 1. The summed E-state index contributed by atoms with van der Waals surface area (Å²) >= 11 is 6.87. The van der Waals surface area contributed by atoms with Crippen LogP contribution in [0.4, 0.5) is 0 Å². The van der Waals surface area contributed by atoms with Gasteiger partial charge < -0.3 is 4.74 Å². The van der Waals surface area contributed by atoms with Crippen LogP contribution in [0.1, 0.15) is 60.9 Å². The van der Waals surface area contributed by atoms with Gasteiger partial charge in [0, 0.05) is 16.6 Å². The van der Waals surface area contributed by atoms with Crippen LogP contribution >= 0.6 is 11.6 Å². The van der Waals surface area contributed by atoms with Crippen molar-refractivity contribution in [3.63, 3.8) is 0 Å². The number of nitrogens with zero attached hydrogens (tertiary/aromatic N) is 1. The summed E-state index contributed by atoms with van der Waals surface area (Å²) in [5.41, 5.74) is 5.29. The van der Waals surface area contributed by atoms with Crippen LogP contribution in [0.15, 0.2) is 12.1 Å². The van der Waals surface area contributed by atoms with Crippen molar-refractivity contribution in [1.29, 1.82) is 0 Å². The molecular formula is C20H24ClNO2. The van der Waals surface area contributed by atoms with Crippen LogP contribution in [0.2, 0.25) is 5.02 Å². The highest BCUT2D eigenvalue weighted by Gasteiger charge is 2.28. The van der Waals surface area contributed by atoms with Gasteiger partial charge in [-0.25, -0.2) is 0 Å². The van der Waals surface area contributed by atoms with Crippen molar-refractivity contribution in [1.82, 2.24) is 4.98 Å². The zero-order valence-electron chi connectivity index (χ0n) is 14.6. The number of rotatable bonds is 4. The highest BCUT2D eigenvalue weighted by molar-refractivity contribution is 6.36. The number of halogens is 1. The topological polar surface area (TPSA) is 39.2 Å². The number of hydrogen-bond donors (Lipinski definition) is 0. The first-order valence-corrected chi connectivity index (χ1v) is 9.14. The second-order valence-corrected chi connectivity index (χ2v) is 6.97. The summed E-state index contributed by atoms with van der Waals surface area (Å²) in [6.07, 6.45) is 6.15. The maximum absolute atomic E-state index is 12.3. The number of carbonyl (C=O) groups is 1. The van der Waals surface area contributed by atoms with Crippen LogP contribution in [-0.2, 0) is 22.4 Å². The van der Waals surface area contributed by atoms with Crippen molar-refractivity contribution < 1.29 is 9.53 Å². The molecule has 0 aliphatic heterocycles. The number of hydrogen-bond acceptors (Lipinski definition) is 3. The summed E-state index contributed by atoms with van der Waals surface area (Å²) < 4.78 is 5.03. The Labute approximate surface area is 148 Å². The maximum atomic E-state index is 12.3. The maximum Gasteiger partial charge on any atom is 0.313 e. The quantitative estimate of drug-likeness (QED) is 0.721. The van der Waals surface area contributed by atoms with E-state index in [1.165, 1.54) is 31.1 Å². The van der Waals surface area contributed by atoms with Crippen molar-refractivity contribution in [2.24, 2.45) is 0 Å². The van der Waals surface area contributed by atoms with E-state index in [0.29, 0.717) is 5.02 Å². The molecule has 1 aromatic heterocycles. The van der Waals surface area contributed by atoms with Gasteiger partial charge in [0.15, 0.2) is 0 Å². The molecule has 2 aromatic rings. The second-order valence-electron chi connectivity index (χ2n) is 6.59. The fourth-order valence-corrected chi connectivity index (χ4v) is 4.38. The smallest absolute Gasteiger partial charge is 0.313 e. The first kappa shape index (κ1) is 17.2. The summed E-state index contributed by atoms with van der Waals surface area (Å²) in [5, 5.41) is 1.74. The molecule has 0 saturated carbocycles.